The lowest BCUT2D eigenvalue weighted by Crippen LogP contribution is -2.61. The third kappa shape index (κ3) is 9.16. The summed E-state index contributed by atoms with van der Waals surface area (Å²) in [7, 11) is 0. The standard InChI is InChI=1S/C48H61N9O5/c1-6-31-11-13-32(14-12-31)27-49-45(60)40-25-35(58)29-57(40)46(61)43(48(3,4)5)51-47(62)55-23-21-54(22-24-55)28-33-15-17-34(18-16-33)56-20-19-38-42(30(56)2)37-26-39(52-53-44(37)50-38)36-9-7-8-10-41(36)59/h1,7-14,26,30,33-35,40,43,58-59H,15-25,27-29H2,2-5H3,(H,49,60)(H,50,53)(H,51,62)/t30-,33?,34?,35-,40+,43-/m1/s1. The molecule has 4 amide bonds. The highest BCUT2D eigenvalue weighted by atomic mass is 16.3. The van der Waals surface area contributed by atoms with E-state index >= 15 is 0 Å². The Balaban J connectivity index is 0.814. The molecule has 0 unspecified atom stereocenters. The summed E-state index contributed by atoms with van der Waals surface area (Å²) in [6.07, 6.45) is 10.3. The van der Waals surface area contributed by atoms with Gasteiger partial charge in [0.25, 0.3) is 0 Å². The smallest absolute Gasteiger partial charge is 0.318 e. The number of nitrogens with one attached hydrogen (secondary N) is 3. The average Bonchev–Trinajstić information content (AvgIpc) is 3.85. The van der Waals surface area contributed by atoms with Crippen molar-refractivity contribution in [2.75, 3.05) is 45.8 Å². The van der Waals surface area contributed by atoms with E-state index in [1.807, 2.05) is 63.2 Å². The molecule has 0 spiro atoms. The molecule has 4 aliphatic rings. The predicted molar refractivity (Wildman–Crippen MR) is 238 cm³/mol. The quantitative estimate of drug-likeness (QED) is 0.149. The van der Waals surface area contributed by atoms with E-state index in [0.29, 0.717) is 36.3 Å². The third-order valence-electron chi connectivity index (χ3n) is 13.7. The molecule has 0 bridgehead atoms. The Kier molecular flexibility index (Phi) is 12.6. The molecule has 328 valence electrons. The number of amides is 4. The predicted octanol–water partition coefficient (Wildman–Crippen LogP) is 4.81. The summed E-state index contributed by atoms with van der Waals surface area (Å²) in [4.78, 5) is 53.2. The highest BCUT2D eigenvalue weighted by molar-refractivity contribution is 5.93. The van der Waals surface area contributed by atoms with Crippen LogP contribution >= 0.6 is 0 Å². The van der Waals surface area contributed by atoms with Crippen LogP contribution in [0.1, 0.15) is 88.2 Å². The fourth-order valence-electron chi connectivity index (χ4n) is 10.2. The number of aromatic amines is 1. The van der Waals surface area contributed by atoms with Gasteiger partial charge in [-0.05, 0) is 85.4 Å². The number of phenols is 1. The molecular formula is C48H61N9O5. The highest BCUT2D eigenvalue weighted by Crippen LogP contribution is 2.41. The molecule has 2 aromatic heterocycles. The van der Waals surface area contributed by atoms with Crippen LogP contribution in [0.4, 0.5) is 4.79 Å². The number of nitrogens with zero attached hydrogens (tertiary/aromatic N) is 6. The van der Waals surface area contributed by atoms with Crippen molar-refractivity contribution < 1.29 is 24.6 Å². The number of aliphatic hydroxyl groups is 1. The van der Waals surface area contributed by atoms with Crippen LogP contribution in [0.5, 0.6) is 5.75 Å². The van der Waals surface area contributed by atoms with Crippen molar-refractivity contribution in [1.82, 2.24) is 45.4 Å². The number of phenolic OH excluding ortho intramolecular Hbond substituents is 1. The van der Waals surface area contributed by atoms with Crippen molar-refractivity contribution in [3.05, 3.63) is 77.0 Å². The lowest BCUT2D eigenvalue weighted by Gasteiger charge is -2.44. The minimum atomic E-state index is -0.889. The fraction of sp³-hybridized carbons (Fsp3) is 0.521. The van der Waals surface area contributed by atoms with Gasteiger partial charge in [-0.15, -0.1) is 16.6 Å². The summed E-state index contributed by atoms with van der Waals surface area (Å²) in [5.74, 6) is 2.66. The van der Waals surface area contributed by atoms with Crippen molar-refractivity contribution in [3.8, 4) is 29.4 Å². The number of carbonyl (C=O) groups is 3. The number of aromatic nitrogens is 3. The minimum Gasteiger partial charge on any atom is -0.507 e. The van der Waals surface area contributed by atoms with E-state index in [1.54, 1.807) is 11.0 Å². The summed E-state index contributed by atoms with van der Waals surface area (Å²) in [5.41, 5.74) is 5.64. The minimum absolute atomic E-state index is 0.0250. The molecule has 0 radical (unpaired) electrons. The zero-order valence-corrected chi connectivity index (χ0v) is 36.4. The van der Waals surface area contributed by atoms with Gasteiger partial charge in [0.1, 0.15) is 17.8 Å². The molecule has 5 N–H and O–H groups in total. The Morgan fingerprint density at radius 1 is 0.984 bits per heavy atom. The molecule has 4 aromatic rings. The number of aliphatic hydroxyl groups excluding tert-OH is 1. The topological polar surface area (TPSA) is 170 Å². The summed E-state index contributed by atoms with van der Waals surface area (Å²) < 4.78 is 0. The van der Waals surface area contributed by atoms with Gasteiger partial charge in [-0.1, -0.05) is 51.0 Å². The van der Waals surface area contributed by atoms with Gasteiger partial charge in [0.05, 0.1) is 11.8 Å². The summed E-state index contributed by atoms with van der Waals surface area (Å²) >= 11 is 0. The summed E-state index contributed by atoms with van der Waals surface area (Å²) in [6, 6.07) is 15.4. The number of hydrogen-bond acceptors (Lipinski definition) is 9. The Hall–Kier alpha value is -5.49. The molecule has 14 heteroatoms. The second kappa shape index (κ2) is 18.1. The van der Waals surface area contributed by atoms with E-state index in [1.165, 1.54) is 16.2 Å². The van der Waals surface area contributed by atoms with E-state index in [2.05, 4.69) is 54.5 Å². The van der Waals surface area contributed by atoms with Crippen LogP contribution in [0.2, 0.25) is 0 Å². The first-order chi connectivity index (χ1) is 29.8. The van der Waals surface area contributed by atoms with E-state index < -0.39 is 23.6 Å². The van der Waals surface area contributed by atoms with Gasteiger partial charge >= 0.3 is 6.03 Å². The average molecular weight is 844 g/mol. The maximum absolute atomic E-state index is 14.2. The van der Waals surface area contributed by atoms with Crippen LogP contribution in [0.25, 0.3) is 22.3 Å². The van der Waals surface area contributed by atoms with Gasteiger partial charge in [0.2, 0.25) is 11.8 Å². The molecule has 62 heavy (non-hydrogen) atoms. The van der Waals surface area contributed by atoms with Crippen LogP contribution in [0.15, 0.2) is 54.6 Å². The van der Waals surface area contributed by atoms with Crippen LogP contribution < -0.4 is 10.6 Å². The van der Waals surface area contributed by atoms with Crippen LogP contribution in [-0.2, 0) is 22.6 Å². The highest BCUT2D eigenvalue weighted by Gasteiger charge is 2.45. The van der Waals surface area contributed by atoms with Crippen molar-refractivity contribution in [2.24, 2.45) is 11.3 Å². The molecule has 5 heterocycles. The number of carbonyl (C=O) groups excluding carboxylic acids is 3. The number of piperazine rings is 1. The Labute approximate surface area is 364 Å². The molecule has 3 aliphatic heterocycles. The van der Waals surface area contributed by atoms with E-state index in [-0.39, 0.29) is 49.1 Å². The van der Waals surface area contributed by atoms with Crippen LogP contribution in [0.3, 0.4) is 0 Å². The lowest BCUT2D eigenvalue weighted by molar-refractivity contribution is -0.142. The van der Waals surface area contributed by atoms with Crippen LogP contribution in [-0.4, -0.2) is 133 Å². The number of likely N-dealkylation sites (tertiary alicyclic amines) is 1. The molecular weight excluding hydrogens is 783 g/mol. The lowest BCUT2D eigenvalue weighted by atomic mass is 9.83. The van der Waals surface area contributed by atoms with Crippen molar-refractivity contribution in [3.63, 3.8) is 0 Å². The number of fused-ring (bicyclic) bond motifs is 3. The Morgan fingerprint density at radius 2 is 1.71 bits per heavy atom. The first-order valence-corrected chi connectivity index (χ1v) is 22.3. The van der Waals surface area contributed by atoms with Gasteiger partial charge in [-0.2, -0.15) is 0 Å². The van der Waals surface area contributed by atoms with E-state index in [9.17, 15) is 24.6 Å². The fourth-order valence-corrected chi connectivity index (χ4v) is 10.2. The number of benzene rings is 2. The summed E-state index contributed by atoms with van der Waals surface area (Å²) in [5, 5.41) is 37.1. The largest absolute Gasteiger partial charge is 0.507 e. The van der Waals surface area contributed by atoms with Crippen molar-refractivity contribution in [1.29, 1.82) is 0 Å². The van der Waals surface area contributed by atoms with Crippen molar-refractivity contribution in [2.45, 2.75) is 103 Å². The number of hydrogen-bond donors (Lipinski definition) is 5. The molecule has 2 aromatic carbocycles. The van der Waals surface area contributed by atoms with Crippen molar-refractivity contribution >= 4 is 28.9 Å². The molecule has 3 fully saturated rings. The Morgan fingerprint density at radius 3 is 2.40 bits per heavy atom. The number of H-pyrrole nitrogens is 1. The number of urea groups is 1. The molecule has 4 atom stereocenters. The maximum atomic E-state index is 14.2. The zero-order valence-electron chi connectivity index (χ0n) is 36.4. The molecule has 8 rings (SSSR count). The van der Waals surface area contributed by atoms with Gasteiger partial charge in [0, 0.05) is 99.5 Å². The molecule has 1 saturated carbocycles. The van der Waals surface area contributed by atoms with Crippen LogP contribution in [0, 0.1) is 23.7 Å². The van der Waals surface area contributed by atoms with E-state index in [0.717, 1.165) is 80.4 Å². The molecule has 14 nitrogen and oxygen atoms in total. The number of aromatic hydroxyl groups is 1. The van der Waals surface area contributed by atoms with Gasteiger partial charge in [-0.25, -0.2) is 4.79 Å². The number of β-amino-alcohol motifs (C(OH)–C–C–N with tert-alkyl or cyclic N) is 1. The van der Waals surface area contributed by atoms with E-state index in [4.69, 9.17) is 6.42 Å². The monoisotopic (exact) mass is 843 g/mol. The zero-order chi connectivity index (χ0) is 43.7. The first kappa shape index (κ1) is 43.2. The second-order valence-electron chi connectivity index (χ2n) is 18.9. The first-order valence-electron chi connectivity index (χ1n) is 22.3. The van der Waals surface area contributed by atoms with Gasteiger partial charge < -0.3 is 35.6 Å². The third-order valence-corrected chi connectivity index (χ3v) is 13.7. The van der Waals surface area contributed by atoms with Gasteiger partial charge in [0.15, 0.2) is 5.65 Å². The number of rotatable bonds is 9. The Bertz CT molecular complexity index is 2300. The SMILES string of the molecule is C#Cc1ccc(CNC(=O)[C@@H]2C[C@@H](O)CN2C(=O)[C@@H](NC(=O)N2CCN(CC3CCC(N4CCc5[nH]c6nnc(-c7ccccc7O)cc6c5[C@H]4C)CC3)CC2)C(C)(C)C)cc1. The molecule has 1 aliphatic carbocycles. The summed E-state index contributed by atoms with van der Waals surface area (Å²) in [6.45, 7) is 13.0. The second-order valence-corrected chi connectivity index (χ2v) is 18.9. The molecule has 2 saturated heterocycles. The maximum Gasteiger partial charge on any atom is 0.318 e. The number of para-hydroxylation sites is 1. The normalized spacial score (nSPS) is 24.0. The number of terminal acetylenes is 1. The van der Waals surface area contributed by atoms with Gasteiger partial charge in [-0.3, -0.25) is 19.4 Å².